The van der Waals surface area contributed by atoms with Crippen LogP contribution in [0.25, 0.3) is 23.1 Å². The van der Waals surface area contributed by atoms with Crippen LogP contribution in [0.3, 0.4) is 0 Å². The maximum Gasteiger partial charge on any atom is 0.338 e. The molecule has 0 aliphatic carbocycles. The van der Waals surface area contributed by atoms with E-state index in [0.29, 0.717) is 17.0 Å². The van der Waals surface area contributed by atoms with Gasteiger partial charge in [0.2, 0.25) is 0 Å². The first-order chi connectivity index (χ1) is 16.1. The number of aliphatic hydroxyl groups is 1. The van der Waals surface area contributed by atoms with Crippen molar-refractivity contribution < 1.29 is 14.6 Å². The number of halogens is 1. The van der Waals surface area contributed by atoms with Crippen LogP contribution in [0.15, 0.2) is 78.9 Å². The summed E-state index contributed by atoms with van der Waals surface area (Å²) >= 11 is 6.09. The van der Waals surface area contributed by atoms with E-state index in [4.69, 9.17) is 16.3 Å². The molecule has 1 aromatic heterocycles. The molecule has 0 fully saturated rings. The number of nitrogens with zero attached hydrogens (tertiary/aromatic N) is 1. The largest absolute Gasteiger partial charge is 0.465 e. The fraction of sp³-hybridized carbons (Fsp3) is 0.143. The predicted octanol–water partition coefficient (Wildman–Crippen LogP) is 6.16. The summed E-state index contributed by atoms with van der Waals surface area (Å²) in [6.07, 6.45) is 4.49. The summed E-state index contributed by atoms with van der Waals surface area (Å²) in [5.74, 6) is -0.520. The van der Waals surface area contributed by atoms with Crippen LogP contribution in [0.5, 0.6) is 0 Å². The van der Waals surface area contributed by atoms with Gasteiger partial charge >= 0.3 is 5.97 Å². The number of benzene rings is 3. The minimum absolute atomic E-state index is 0.0321. The minimum Gasteiger partial charge on any atom is -0.465 e. The van der Waals surface area contributed by atoms with Crippen molar-refractivity contribution in [2.45, 2.75) is 12.3 Å². The monoisotopic (exact) mass is 457 g/mol. The van der Waals surface area contributed by atoms with Crippen LogP contribution < -0.4 is 0 Å². The van der Waals surface area contributed by atoms with Crippen molar-refractivity contribution >= 4 is 40.6 Å². The first-order valence-corrected chi connectivity index (χ1v) is 11.1. The third-order valence-electron chi connectivity index (χ3n) is 5.61. The van der Waals surface area contributed by atoms with Gasteiger partial charge in [-0.2, -0.15) is 0 Å². The molecule has 4 aromatic rings. The smallest absolute Gasteiger partial charge is 0.338 e. The molecule has 0 saturated heterocycles. The molecule has 0 saturated carbocycles. The highest BCUT2D eigenvalue weighted by Gasteiger charge is 2.17. The van der Waals surface area contributed by atoms with Crippen molar-refractivity contribution in [1.29, 1.82) is 0 Å². The number of methoxy groups -OCH3 is 1. The topological polar surface area (TPSA) is 59.4 Å². The number of aromatic nitrogens is 1. The van der Waals surface area contributed by atoms with Crippen LogP contribution in [0.4, 0.5) is 0 Å². The first-order valence-electron chi connectivity index (χ1n) is 10.7. The van der Waals surface area contributed by atoms with Crippen LogP contribution in [-0.2, 0) is 11.2 Å². The molecule has 5 heteroatoms. The van der Waals surface area contributed by atoms with E-state index in [0.717, 1.165) is 33.3 Å². The third-order valence-corrected chi connectivity index (χ3v) is 5.85. The average molecular weight is 458 g/mol. The van der Waals surface area contributed by atoms with E-state index in [9.17, 15) is 9.90 Å². The molecule has 0 radical (unpaired) electrons. The van der Waals surface area contributed by atoms with Crippen molar-refractivity contribution in [1.82, 2.24) is 4.98 Å². The number of aliphatic hydroxyl groups excluding tert-OH is 1. The maximum atomic E-state index is 12.1. The molecule has 4 nitrogen and oxygen atoms in total. The van der Waals surface area contributed by atoms with Crippen molar-refractivity contribution in [3.63, 3.8) is 0 Å². The van der Waals surface area contributed by atoms with Gasteiger partial charge in [0.25, 0.3) is 0 Å². The van der Waals surface area contributed by atoms with Crippen molar-refractivity contribution in [3.05, 3.63) is 112 Å². The summed E-state index contributed by atoms with van der Waals surface area (Å²) in [6, 6.07) is 25.0. The Balaban J connectivity index is 1.56. The summed E-state index contributed by atoms with van der Waals surface area (Å²) in [5, 5.41) is 11.8. The Labute approximate surface area is 198 Å². The molecule has 4 rings (SSSR count). The van der Waals surface area contributed by atoms with Gasteiger partial charge in [-0.15, -0.1) is 0 Å². The van der Waals surface area contributed by atoms with Gasteiger partial charge in [0.15, 0.2) is 0 Å². The van der Waals surface area contributed by atoms with E-state index in [1.54, 1.807) is 6.07 Å². The molecule has 1 atom stereocenters. The van der Waals surface area contributed by atoms with Gasteiger partial charge in [0, 0.05) is 16.3 Å². The molecule has 33 heavy (non-hydrogen) atoms. The number of carbonyl (C=O) groups excluding carboxylic acids is 1. The van der Waals surface area contributed by atoms with Gasteiger partial charge < -0.3 is 9.84 Å². The fourth-order valence-corrected chi connectivity index (χ4v) is 4.02. The lowest BCUT2D eigenvalue weighted by molar-refractivity contribution is 0.0599. The van der Waals surface area contributed by atoms with Crippen LogP contribution in [0, 0.1) is 0 Å². The quantitative estimate of drug-likeness (QED) is 0.337. The Morgan fingerprint density at radius 2 is 1.85 bits per heavy atom. The third kappa shape index (κ3) is 5.48. The Kier molecular flexibility index (Phi) is 7.18. The van der Waals surface area contributed by atoms with Crippen LogP contribution >= 0.6 is 11.6 Å². The molecule has 1 unspecified atom stereocenters. The molecule has 0 spiro atoms. The lowest BCUT2D eigenvalue weighted by Gasteiger charge is -2.17. The van der Waals surface area contributed by atoms with E-state index in [-0.39, 0.29) is 18.5 Å². The second kappa shape index (κ2) is 10.4. The van der Waals surface area contributed by atoms with Crippen molar-refractivity contribution in [2.75, 3.05) is 13.7 Å². The highest BCUT2D eigenvalue weighted by atomic mass is 35.5. The molecular weight excluding hydrogens is 434 g/mol. The summed E-state index contributed by atoms with van der Waals surface area (Å²) < 4.78 is 4.90. The normalized spacial score (nSPS) is 12.2. The second-order valence-electron chi connectivity index (χ2n) is 7.81. The number of carbonyl (C=O) groups is 1. The molecule has 0 bridgehead atoms. The zero-order valence-electron chi connectivity index (χ0n) is 18.2. The van der Waals surface area contributed by atoms with Gasteiger partial charge in [-0.25, -0.2) is 9.78 Å². The molecule has 1 heterocycles. The van der Waals surface area contributed by atoms with E-state index in [2.05, 4.69) is 11.1 Å². The summed E-state index contributed by atoms with van der Waals surface area (Å²) in [7, 11) is 1.37. The highest BCUT2D eigenvalue weighted by molar-refractivity contribution is 6.31. The second-order valence-corrected chi connectivity index (χ2v) is 8.25. The van der Waals surface area contributed by atoms with Crippen molar-refractivity contribution in [3.8, 4) is 0 Å². The van der Waals surface area contributed by atoms with Gasteiger partial charge in [-0.1, -0.05) is 72.3 Å². The van der Waals surface area contributed by atoms with Gasteiger partial charge in [-0.05, 0) is 53.5 Å². The lowest BCUT2D eigenvalue weighted by atomic mass is 9.89. The van der Waals surface area contributed by atoms with E-state index in [1.807, 2.05) is 78.9 Å². The minimum atomic E-state index is -0.372. The van der Waals surface area contributed by atoms with Gasteiger partial charge in [0.05, 0.1) is 30.5 Å². The van der Waals surface area contributed by atoms with Crippen molar-refractivity contribution in [2.24, 2.45) is 0 Å². The predicted molar refractivity (Wildman–Crippen MR) is 133 cm³/mol. The Morgan fingerprint density at radius 1 is 1.03 bits per heavy atom. The Morgan fingerprint density at radius 3 is 2.67 bits per heavy atom. The first kappa shape index (κ1) is 22.7. The maximum absolute atomic E-state index is 12.1. The van der Waals surface area contributed by atoms with Crippen LogP contribution in [0.1, 0.15) is 38.7 Å². The standard InChI is InChI=1S/C28H24ClNO3/c1-33-28(32)26-8-3-2-6-22(26)16-23(18-31)21-7-4-5-19(15-21)9-13-25-14-11-20-10-12-24(29)17-27(20)30-25/h2-15,17,23,31H,16,18H2,1H3/b13-9+. The summed E-state index contributed by atoms with van der Waals surface area (Å²) in [4.78, 5) is 16.8. The summed E-state index contributed by atoms with van der Waals surface area (Å²) in [6.45, 7) is -0.0321. The van der Waals surface area contributed by atoms with E-state index >= 15 is 0 Å². The average Bonchev–Trinajstić information content (AvgIpc) is 2.85. The Bertz CT molecular complexity index is 1320. The highest BCUT2D eigenvalue weighted by Crippen LogP contribution is 2.25. The SMILES string of the molecule is COC(=O)c1ccccc1CC(CO)c1cccc(/C=C/c2ccc3ccc(Cl)cc3n2)c1. The molecule has 166 valence electrons. The zero-order valence-corrected chi connectivity index (χ0v) is 19.0. The fourth-order valence-electron chi connectivity index (χ4n) is 3.86. The number of rotatable bonds is 7. The molecule has 3 aromatic carbocycles. The number of ether oxygens (including phenoxy) is 1. The molecular formula is C28H24ClNO3. The number of pyridine rings is 1. The molecule has 1 N–H and O–H groups in total. The lowest BCUT2D eigenvalue weighted by Crippen LogP contribution is -2.12. The number of hydrogen-bond acceptors (Lipinski definition) is 4. The van der Waals surface area contributed by atoms with Gasteiger partial charge in [0.1, 0.15) is 0 Å². The van der Waals surface area contributed by atoms with Gasteiger partial charge in [-0.3, -0.25) is 0 Å². The van der Waals surface area contributed by atoms with E-state index < -0.39 is 0 Å². The molecule has 0 aliphatic heterocycles. The zero-order chi connectivity index (χ0) is 23.2. The molecule has 0 aliphatic rings. The number of fused-ring (bicyclic) bond motifs is 1. The van der Waals surface area contributed by atoms with Crippen LogP contribution in [0.2, 0.25) is 5.02 Å². The molecule has 0 amide bonds. The van der Waals surface area contributed by atoms with E-state index in [1.165, 1.54) is 7.11 Å². The Hall–Kier alpha value is -3.47. The van der Waals surface area contributed by atoms with Crippen LogP contribution in [-0.4, -0.2) is 29.8 Å². The summed E-state index contributed by atoms with van der Waals surface area (Å²) in [5.41, 5.74) is 5.06. The number of hydrogen-bond donors (Lipinski definition) is 1. The number of esters is 1.